The van der Waals surface area contributed by atoms with Gasteiger partial charge >= 0.3 is 0 Å². The first-order valence-electron chi connectivity index (χ1n) is 4.65. The number of halogens is 1. The summed E-state index contributed by atoms with van der Waals surface area (Å²) in [6.45, 7) is 0. The van der Waals surface area contributed by atoms with E-state index in [9.17, 15) is 8.42 Å². The van der Waals surface area contributed by atoms with Crippen molar-refractivity contribution in [3.8, 4) is 0 Å². The number of nitrogens with zero attached hydrogens (tertiary/aromatic N) is 1. The molecule has 0 aliphatic carbocycles. The zero-order valence-electron chi connectivity index (χ0n) is 8.63. The molecule has 0 saturated heterocycles. The molecular formula is C10H9ClN2O2S2. The Morgan fingerprint density at radius 2 is 2.18 bits per heavy atom. The maximum Gasteiger partial charge on any atom is 0.186 e. The molecule has 0 bridgehead atoms. The largest absolute Gasteiger partial charge is 0.398 e. The molecule has 1 aromatic carbocycles. The van der Waals surface area contributed by atoms with Gasteiger partial charge in [-0.05, 0) is 12.1 Å². The Morgan fingerprint density at radius 1 is 1.41 bits per heavy atom. The molecule has 2 N–H and O–H groups in total. The van der Waals surface area contributed by atoms with Crippen molar-refractivity contribution in [1.82, 2.24) is 4.98 Å². The van der Waals surface area contributed by atoms with Gasteiger partial charge in [-0.15, -0.1) is 11.3 Å². The van der Waals surface area contributed by atoms with Crippen LogP contribution in [0.25, 0.3) is 0 Å². The first-order chi connectivity index (χ1) is 8.00. The molecule has 0 radical (unpaired) electrons. The lowest BCUT2D eigenvalue weighted by Crippen LogP contribution is -2.07. The van der Waals surface area contributed by atoms with Crippen molar-refractivity contribution in [3.63, 3.8) is 0 Å². The van der Waals surface area contributed by atoms with Crippen molar-refractivity contribution >= 4 is 38.5 Å². The summed E-state index contributed by atoms with van der Waals surface area (Å²) in [5.41, 5.74) is 7.41. The summed E-state index contributed by atoms with van der Waals surface area (Å²) >= 11 is 7.16. The Hall–Kier alpha value is -1.11. The van der Waals surface area contributed by atoms with Crippen molar-refractivity contribution in [1.29, 1.82) is 0 Å². The second-order valence-corrected chi connectivity index (χ2v) is 6.69. The molecule has 2 aromatic rings. The SMILES string of the molecule is Nc1cccc(Cl)c1S(=O)(=O)Cc1cncs1. The van der Waals surface area contributed by atoms with Crippen LogP contribution in [0, 0.1) is 0 Å². The smallest absolute Gasteiger partial charge is 0.186 e. The number of benzene rings is 1. The zero-order valence-corrected chi connectivity index (χ0v) is 11.0. The molecule has 0 saturated carbocycles. The Kier molecular flexibility index (Phi) is 3.37. The van der Waals surface area contributed by atoms with Crippen LogP contribution in [-0.2, 0) is 15.6 Å². The predicted octanol–water partition coefficient (Wildman–Crippen LogP) is 2.35. The van der Waals surface area contributed by atoms with Crippen LogP contribution < -0.4 is 5.73 Å². The number of aromatic nitrogens is 1. The second-order valence-electron chi connectivity index (χ2n) is 3.39. The molecule has 0 aliphatic heterocycles. The second kappa shape index (κ2) is 4.64. The highest BCUT2D eigenvalue weighted by Crippen LogP contribution is 2.30. The Labute approximate surface area is 108 Å². The molecule has 0 amide bonds. The van der Waals surface area contributed by atoms with E-state index in [0.29, 0.717) is 4.88 Å². The summed E-state index contributed by atoms with van der Waals surface area (Å²) in [5.74, 6) is -0.133. The lowest BCUT2D eigenvalue weighted by molar-refractivity contribution is 0.596. The third-order valence-corrected chi connectivity index (χ3v) is 5.28. The van der Waals surface area contributed by atoms with Gasteiger partial charge < -0.3 is 5.73 Å². The number of nitrogen functional groups attached to an aromatic ring is 1. The molecule has 1 heterocycles. The molecule has 0 spiro atoms. The van der Waals surface area contributed by atoms with Crippen molar-refractivity contribution in [3.05, 3.63) is 39.8 Å². The quantitative estimate of drug-likeness (QED) is 0.880. The van der Waals surface area contributed by atoms with Gasteiger partial charge in [0.1, 0.15) is 4.90 Å². The molecule has 2 rings (SSSR count). The standard InChI is InChI=1S/C10H9ClN2O2S2/c11-8-2-1-3-9(12)10(8)17(14,15)5-7-4-13-6-16-7/h1-4,6H,5,12H2. The summed E-state index contributed by atoms with van der Waals surface area (Å²) in [6.07, 6.45) is 1.52. The molecule has 17 heavy (non-hydrogen) atoms. The van der Waals surface area contributed by atoms with Crippen molar-refractivity contribution in [2.75, 3.05) is 5.73 Å². The monoisotopic (exact) mass is 288 g/mol. The van der Waals surface area contributed by atoms with E-state index in [2.05, 4.69) is 4.98 Å². The van der Waals surface area contributed by atoms with Crippen LogP contribution in [-0.4, -0.2) is 13.4 Å². The molecule has 90 valence electrons. The van der Waals surface area contributed by atoms with Crippen LogP contribution >= 0.6 is 22.9 Å². The van der Waals surface area contributed by atoms with E-state index >= 15 is 0 Å². The van der Waals surface area contributed by atoms with E-state index in [-0.39, 0.29) is 21.4 Å². The van der Waals surface area contributed by atoms with Gasteiger partial charge in [-0.25, -0.2) is 8.42 Å². The number of sulfone groups is 1. The topological polar surface area (TPSA) is 73.1 Å². The zero-order chi connectivity index (χ0) is 12.5. The normalized spacial score (nSPS) is 11.6. The van der Waals surface area contributed by atoms with E-state index in [4.69, 9.17) is 17.3 Å². The summed E-state index contributed by atoms with van der Waals surface area (Å²) in [6, 6.07) is 4.65. The lowest BCUT2D eigenvalue weighted by atomic mass is 10.3. The van der Waals surface area contributed by atoms with E-state index in [0.717, 1.165) is 0 Å². The first kappa shape index (κ1) is 12.3. The maximum absolute atomic E-state index is 12.2. The molecule has 4 nitrogen and oxygen atoms in total. The Balaban J connectivity index is 2.45. The lowest BCUT2D eigenvalue weighted by Gasteiger charge is -2.08. The van der Waals surface area contributed by atoms with Crippen LogP contribution in [0.1, 0.15) is 4.88 Å². The predicted molar refractivity (Wildman–Crippen MR) is 68.9 cm³/mol. The minimum absolute atomic E-state index is 0.00457. The number of hydrogen-bond acceptors (Lipinski definition) is 5. The highest BCUT2D eigenvalue weighted by molar-refractivity contribution is 7.91. The minimum atomic E-state index is -3.53. The first-order valence-corrected chi connectivity index (χ1v) is 7.56. The van der Waals surface area contributed by atoms with Crippen LogP contribution in [0.3, 0.4) is 0 Å². The molecule has 7 heteroatoms. The van der Waals surface area contributed by atoms with E-state index in [1.165, 1.54) is 29.7 Å². The van der Waals surface area contributed by atoms with Crippen molar-refractivity contribution < 1.29 is 8.42 Å². The number of hydrogen-bond donors (Lipinski definition) is 1. The summed E-state index contributed by atoms with van der Waals surface area (Å²) in [7, 11) is -3.53. The number of thiazole rings is 1. The van der Waals surface area contributed by atoms with Gasteiger partial charge in [-0.2, -0.15) is 0 Å². The summed E-state index contributed by atoms with van der Waals surface area (Å²) in [5, 5.41) is 0.148. The fourth-order valence-electron chi connectivity index (χ4n) is 1.43. The van der Waals surface area contributed by atoms with Crippen LogP contribution in [0.5, 0.6) is 0 Å². The fourth-order valence-corrected chi connectivity index (χ4v) is 4.46. The van der Waals surface area contributed by atoms with E-state index in [1.54, 1.807) is 11.6 Å². The van der Waals surface area contributed by atoms with Gasteiger partial charge in [0.15, 0.2) is 9.84 Å². The number of nitrogens with two attached hydrogens (primary N) is 1. The molecule has 0 fully saturated rings. The van der Waals surface area contributed by atoms with Gasteiger partial charge in [-0.3, -0.25) is 4.98 Å². The van der Waals surface area contributed by atoms with Crippen LogP contribution in [0.4, 0.5) is 5.69 Å². The highest BCUT2D eigenvalue weighted by atomic mass is 35.5. The van der Waals surface area contributed by atoms with E-state index < -0.39 is 9.84 Å². The van der Waals surface area contributed by atoms with Gasteiger partial charge in [0.25, 0.3) is 0 Å². The molecule has 0 atom stereocenters. The van der Waals surface area contributed by atoms with Crippen LogP contribution in [0.2, 0.25) is 5.02 Å². The molecule has 0 aliphatic rings. The van der Waals surface area contributed by atoms with Crippen molar-refractivity contribution in [2.45, 2.75) is 10.6 Å². The van der Waals surface area contributed by atoms with Crippen LogP contribution in [0.15, 0.2) is 34.8 Å². The van der Waals surface area contributed by atoms with Crippen molar-refractivity contribution in [2.24, 2.45) is 0 Å². The van der Waals surface area contributed by atoms with Gasteiger partial charge in [0.2, 0.25) is 0 Å². The average molecular weight is 289 g/mol. The van der Waals surface area contributed by atoms with Gasteiger partial charge in [-0.1, -0.05) is 17.7 Å². The molecule has 0 unspecified atom stereocenters. The maximum atomic E-state index is 12.2. The minimum Gasteiger partial charge on any atom is -0.398 e. The Bertz CT molecular complexity index is 604. The number of rotatable bonds is 3. The molecular weight excluding hydrogens is 280 g/mol. The highest BCUT2D eigenvalue weighted by Gasteiger charge is 2.22. The third kappa shape index (κ3) is 2.59. The van der Waals surface area contributed by atoms with E-state index in [1.807, 2.05) is 0 Å². The fraction of sp³-hybridized carbons (Fsp3) is 0.100. The van der Waals surface area contributed by atoms with Gasteiger partial charge in [0.05, 0.1) is 22.0 Å². The Morgan fingerprint density at radius 3 is 2.76 bits per heavy atom. The third-order valence-electron chi connectivity index (χ3n) is 2.12. The summed E-state index contributed by atoms with van der Waals surface area (Å²) in [4.78, 5) is 4.49. The number of anilines is 1. The van der Waals surface area contributed by atoms with Gasteiger partial charge in [0, 0.05) is 11.1 Å². The average Bonchev–Trinajstić information content (AvgIpc) is 2.68. The molecule has 1 aromatic heterocycles. The summed E-state index contributed by atoms with van der Waals surface area (Å²) < 4.78 is 24.3.